The van der Waals surface area contributed by atoms with Crippen molar-refractivity contribution in [3.63, 3.8) is 0 Å². The average Bonchev–Trinajstić information content (AvgIpc) is 2.84. The molecular formula is C14H21ClN2O. The number of hydrogen-bond donors (Lipinski definition) is 2. The summed E-state index contributed by atoms with van der Waals surface area (Å²) < 4.78 is 0. The maximum absolute atomic E-state index is 8.97. The fourth-order valence-electron chi connectivity index (χ4n) is 2.80. The summed E-state index contributed by atoms with van der Waals surface area (Å²) in [5.74, 6) is 0. The van der Waals surface area contributed by atoms with Crippen LogP contribution >= 0.6 is 11.6 Å². The minimum Gasteiger partial charge on any atom is -0.396 e. The normalized spacial score (nSPS) is 19.5. The molecular weight excluding hydrogens is 248 g/mol. The van der Waals surface area contributed by atoms with Crippen molar-refractivity contribution in [1.82, 2.24) is 0 Å². The van der Waals surface area contributed by atoms with Gasteiger partial charge in [-0.3, -0.25) is 0 Å². The number of rotatable bonds is 5. The summed E-state index contributed by atoms with van der Waals surface area (Å²) >= 11 is 6.21. The molecule has 1 aromatic rings. The number of aliphatic hydroxyl groups is 1. The fraction of sp³-hybridized carbons (Fsp3) is 0.571. The van der Waals surface area contributed by atoms with Gasteiger partial charge < -0.3 is 15.7 Å². The van der Waals surface area contributed by atoms with Crippen molar-refractivity contribution < 1.29 is 5.11 Å². The Hall–Kier alpha value is -0.770. The van der Waals surface area contributed by atoms with E-state index in [2.05, 4.69) is 11.0 Å². The van der Waals surface area contributed by atoms with E-state index in [1.807, 2.05) is 12.1 Å². The first kappa shape index (κ1) is 13.7. The van der Waals surface area contributed by atoms with Crippen molar-refractivity contribution in [2.75, 3.05) is 18.1 Å². The van der Waals surface area contributed by atoms with Gasteiger partial charge in [0.2, 0.25) is 0 Å². The molecule has 0 radical (unpaired) electrons. The van der Waals surface area contributed by atoms with Crippen molar-refractivity contribution >= 4 is 17.3 Å². The van der Waals surface area contributed by atoms with Crippen LogP contribution in [-0.2, 0) is 6.54 Å². The van der Waals surface area contributed by atoms with Crippen molar-refractivity contribution in [2.45, 2.75) is 38.3 Å². The van der Waals surface area contributed by atoms with E-state index in [9.17, 15) is 0 Å². The Morgan fingerprint density at radius 3 is 3.00 bits per heavy atom. The predicted molar refractivity (Wildman–Crippen MR) is 76.0 cm³/mol. The highest BCUT2D eigenvalue weighted by atomic mass is 35.5. The first-order valence-electron chi connectivity index (χ1n) is 6.63. The number of halogens is 1. The second kappa shape index (κ2) is 6.41. The molecule has 1 atom stereocenters. The molecule has 3 nitrogen and oxygen atoms in total. The van der Waals surface area contributed by atoms with Gasteiger partial charge in [-0.25, -0.2) is 0 Å². The van der Waals surface area contributed by atoms with Gasteiger partial charge in [-0.15, -0.1) is 0 Å². The molecule has 0 aliphatic carbocycles. The Bertz CT molecular complexity index is 397. The lowest BCUT2D eigenvalue weighted by atomic mass is 10.1. The Morgan fingerprint density at radius 2 is 2.28 bits per heavy atom. The summed E-state index contributed by atoms with van der Waals surface area (Å²) in [4.78, 5) is 2.41. The molecule has 0 bridgehead atoms. The minimum atomic E-state index is 0.267. The lowest BCUT2D eigenvalue weighted by Gasteiger charge is -2.29. The molecule has 1 aliphatic rings. The monoisotopic (exact) mass is 268 g/mol. The van der Waals surface area contributed by atoms with Crippen LogP contribution in [-0.4, -0.2) is 24.3 Å². The van der Waals surface area contributed by atoms with Crippen molar-refractivity contribution in [3.05, 3.63) is 28.8 Å². The van der Waals surface area contributed by atoms with E-state index in [-0.39, 0.29) is 6.61 Å². The Morgan fingerprint density at radius 1 is 1.44 bits per heavy atom. The molecule has 1 fully saturated rings. The highest BCUT2D eigenvalue weighted by Gasteiger charge is 2.26. The number of nitrogens with zero attached hydrogens (tertiary/aromatic N) is 1. The van der Waals surface area contributed by atoms with Gasteiger partial charge in [0.25, 0.3) is 0 Å². The second-order valence-corrected chi connectivity index (χ2v) is 5.20. The molecule has 0 saturated carbocycles. The third-order valence-electron chi connectivity index (χ3n) is 3.68. The zero-order chi connectivity index (χ0) is 13.0. The standard InChI is InChI=1S/C14H21ClN2O/c15-13-6-1-7-14(12(13)10-16)17-8-2-4-11(17)5-3-9-18/h1,6-7,11,18H,2-5,8-10,16H2. The van der Waals surface area contributed by atoms with E-state index in [1.165, 1.54) is 18.5 Å². The van der Waals surface area contributed by atoms with Gasteiger partial charge in [-0.1, -0.05) is 17.7 Å². The molecule has 1 aliphatic heterocycles. The molecule has 2 rings (SSSR count). The van der Waals surface area contributed by atoms with Crippen molar-refractivity contribution in [3.8, 4) is 0 Å². The lowest BCUT2D eigenvalue weighted by molar-refractivity contribution is 0.279. The van der Waals surface area contributed by atoms with Gasteiger partial charge in [0.1, 0.15) is 0 Å². The van der Waals surface area contributed by atoms with Crippen LogP contribution in [0, 0.1) is 0 Å². The van der Waals surface area contributed by atoms with Gasteiger partial charge in [-0.2, -0.15) is 0 Å². The zero-order valence-corrected chi connectivity index (χ0v) is 11.4. The second-order valence-electron chi connectivity index (χ2n) is 4.80. The van der Waals surface area contributed by atoms with Crippen molar-refractivity contribution in [1.29, 1.82) is 0 Å². The molecule has 18 heavy (non-hydrogen) atoms. The molecule has 0 aromatic heterocycles. The van der Waals surface area contributed by atoms with Gasteiger partial charge in [-0.05, 0) is 37.8 Å². The summed E-state index contributed by atoms with van der Waals surface area (Å²) in [6.07, 6.45) is 4.29. The topological polar surface area (TPSA) is 49.5 Å². The third kappa shape index (κ3) is 2.79. The maximum Gasteiger partial charge on any atom is 0.0471 e. The number of hydrogen-bond acceptors (Lipinski definition) is 3. The van der Waals surface area contributed by atoms with E-state index < -0.39 is 0 Å². The summed E-state index contributed by atoms with van der Waals surface area (Å²) in [7, 11) is 0. The van der Waals surface area contributed by atoms with Crippen LogP contribution in [0.25, 0.3) is 0 Å². The smallest absolute Gasteiger partial charge is 0.0471 e. The largest absolute Gasteiger partial charge is 0.396 e. The van der Waals surface area contributed by atoms with Crippen LogP contribution in [0.1, 0.15) is 31.2 Å². The van der Waals surface area contributed by atoms with Gasteiger partial charge in [0.05, 0.1) is 0 Å². The van der Waals surface area contributed by atoms with E-state index in [0.29, 0.717) is 12.6 Å². The predicted octanol–water partition coefficient (Wildman–Crippen LogP) is 2.54. The van der Waals surface area contributed by atoms with Crippen LogP contribution in [0.5, 0.6) is 0 Å². The molecule has 1 unspecified atom stereocenters. The quantitative estimate of drug-likeness (QED) is 0.863. The maximum atomic E-state index is 8.97. The number of nitrogens with two attached hydrogens (primary N) is 1. The summed E-state index contributed by atoms with van der Waals surface area (Å²) in [5.41, 5.74) is 8.02. The van der Waals surface area contributed by atoms with Crippen LogP contribution < -0.4 is 10.6 Å². The molecule has 100 valence electrons. The van der Waals surface area contributed by atoms with Crippen LogP contribution in [0.2, 0.25) is 5.02 Å². The SMILES string of the molecule is NCc1c(Cl)cccc1N1CCCC1CCCO. The molecule has 0 amide bonds. The molecule has 4 heteroatoms. The van der Waals surface area contributed by atoms with Gasteiger partial charge in [0, 0.05) is 42.0 Å². The van der Waals surface area contributed by atoms with E-state index in [4.69, 9.17) is 22.4 Å². The molecule has 0 spiro atoms. The molecule has 1 heterocycles. The summed E-state index contributed by atoms with van der Waals surface area (Å²) in [6, 6.07) is 6.50. The summed E-state index contributed by atoms with van der Waals surface area (Å²) in [6.45, 7) is 1.80. The average molecular weight is 269 g/mol. The Kier molecular flexibility index (Phi) is 4.87. The van der Waals surface area contributed by atoms with Crippen LogP contribution in [0.15, 0.2) is 18.2 Å². The first-order valence-corrected chi connectivity index (χ1v) is 7.00. The third-order valence-corrected chi connectivity index (χ3v) is 4.03. The highest BCUT2D eigenvalue weighted by molar-refractivity contribution is 6.31. The minimum absolute atomic E-state index is 0.267. The van der Waals surface area contributed by atoms with E-state index in [0.717, 1.165) is 30.0 Å². The Balaban J connectivity index is 2.21. The molecule has 1 saturated heterocycles. The number of benzene rings is 1. The highest BCUT2D eigenvalue weighted by Crippen LogP contribution is 2.33. The van der Waals surface area contributed by atoms with Gasteiger partial charge >= 0.3 is 0 Å². The number of anilines is 1. The van der Waals surface area contributed by atoms with E-state index in [1.54, 1.807) is 0 Å². The molecule has 3 N–H and O–H groups in total. The van der Waals surface area contributed by atoms with E-state index >= 15 is 0 Å². The molecule has 1 aromatic carbocycles. The summed E-state index contributed by atoms with van der Waals surface area (Å²) in [5, 5.41) is 9.72. The van der Waals surface area contributed by atoms with Crippen LogP contribution in [0.4, 0.5) is 5.69 Å². The Labute approximate surface area is 114 Å². The zero-order valence-electron chi connectivity index (χ0n) is 10.6. The van der Waals surface area contributed by atoms with Crippen molar-refractivity contribution in [2.24, 2.45) is 5.73 Å². The van der Waals surface area contributed by atoms with Gasteiger partial charge in [0.15, 0.2) is 0 Å². The lowest BCUT2D eigenvalue weighted by Crippen LogP contribution is -2.30. The first-order chi connectivity index (χ1) is 8.77. The fourth-order valence-corrected chi connectivity index (χ4v) is 3.05. The number of aliphatic hydroxyl groups excluding tert-OH is 1. The van der Waals surface area contributed by atoms with Crippen LogP contribution in [0.3, 0.4) is 0 Å².